The van der Waals surface area contributed by atoms with Gasteiger partial charge in [-0.25, -0.2) is 0 Å². The molecule has 114 valence electrons. The lowest BCUT2D eigenvalue weighted by atomic mass is 10.1. The molecule has 0 radical (unpaired) electrons. The zero-order chi connectivity index (χ0) is 13.9. The number of morpholine rings is 1. The molecule has 0 aromatic carbocycles. The molecule has 0 spiro atoms. The lowest BCUT2D eigenvalue weighted by Gasteiger charge is -2.41. The van der Waals surface area contributed by atoms with Crippen LogP contribution in [-0.2, 0) is 9.53 Å². The SMILES string of the molecule is O=C(NC1CN(CC(O)CN2CCOCC2)C1)C1CC1. The van der Waals surface area contributed by atoms with Crippen molar-refractivity contribution in [2.45, 2.75) is 25.0 Å². The van der Waals surface area contributed by atoms with E-state index in [1.165, 1.54) is 0 Å². The van der Waals surface area contributed by atoms with E-state index in [-0.39, 0.29) is 17.9 Å². The molecule has 3 rings (SSSR count). The quantitative estimate of drug-likeness (QED) is 0.647. The summed E-state index contributed by atoms with van der Waals surface area (Å²) in [5.41, 5.74) is 0. The number of hydrogen-bond donors (Lipinski definition) is 2. The van der Waals surface area contributed by atoms with Crippen molar-refractivity contribution in [3.63, 3.8) is 0 Å². The van der Waals surface area contributed by atoms with Gasteiger partial charge in [-0.2, -0.15) is 0 Å². The Morgan fingerprint density at radius 1 is 1.20 bits per heavy atom. The first-order valence-corrected chi connectivity index (χ1v) is 7.71. The van der Waals surface area contributed by atoms with Crippen LogP contribution in [0.4, 0.5) is 0 Å². The number of ether oxygens (including phenoxy) is 1. The highest BCUT2D eigenvalue weighted by Crippen LogP contribution is 2.29. The molecule has 2 saturated heterocycles. The van der Waals surface area contributed by atoms with Gasteiger partial charge in [0.1, 0.15) is 0 Å². The van der Waals surface area contributed by atoms with E-state index in [9.17, 15) is 9.90 Å². The summed E-state index contributed by atoms with van der Waals surface area (Å²) < 4.78 is 5.30. The number of hydrogen-bond acceptors (Lipinski definition) is 5. The number of aliphatic hydroxyl groups excluding tert-OH is 1. The van der Waals surface area contributed by atoms with Crippen LogP contribution in [-0.4, -0.2) is 85.4 Å². The molecule has 1 saturated carbocycles. The monoisotopic (exact) mass is 283 g/mol. The topological polar surface area (TPSA) is 65.0 Å². The van der Waals surface area contributed by atoms with Crippen molar-refractivity contribution < 1.29 is 14.6 Å². The van der Waals surface area contributed by atoms with Gasteiger partial charge in [-0.3, -0.25) is 14.6 Å². The fourth-order valence-corrected chi connectivity index (χ4v) is 2.91. The first-order chi connectivity index (χ1) is 9.70. The highest BCUT2D eigenvalue weighted by atomic mass is 16.5. The number of β-amino-alcohol motifs (C(OH)–C–C–N with tert-alkyl or cyclic N) is 1. The minimum atomic E-state index is -0.312. The van der Waals surface area contributed by atoms with Crippen LogP contribution in [0.25, 0.3) is 0 Å². The Balaban J connectivity index is 1.28. The smallest absolute Gasteiger partial charge is 0.223 e. The lowest BCUT2D eigenvalue weighted by molar-refractivity contribution is -0.124. The zero-order valence-electron chi connectivity index (χ0n) is 12.0. The molecule has 3 aliphatic rings. The Hall–Kier alpha value is -0.690. The zero-order valence-corrected chi connectivity index (χ0v) is 12.0. The number of amides is 1. The van der Waals surface area contributed by atoms with Crippen LogP contribution in [0.5, 0.6) is 0 Å². The lowest BCUT2D eigenvalue weighted by Crippen LogP contribution is -2.61. The molecule has 1 amide bonds. The number of nitrogens with one attached hydrogen (secondary N) is 1. The molecule has 1 atom stereocenters. The van der Waals surface area contributed by atoms with E-state index in [1.807, 2.05) is 0 Å². The molecule has 6 nitrogen and oxygen atoms in total. The Kier molecular flexibility index (Phi) is 4.55. The van der Waals surface area contributed by atoms with Crippen LogP contribution in [0, 0.1) is 5.92 Å². The van der Waals surface area contributed by atoms with Crippen molar-refractivity contribution >= 4 is 5.91 Å². The minimum Gasteiger partial charge on any atom is -0.390 e. The maximum Gasteiger partial charge on any atom is 0.223 e. The highest BCUT2D eigenvalue weighted by molar-refractivity contribution is 5.81. The molecule has 0 aromatic rings. The molecule has 2 heterocycles. The summed E-state index contributed by atoms with van der Waals surface area (Å²) in [6, 6.07) is 0.290. The summed E-state index contributed by atoms with van der Waals surface area (Å²) in [6.07, 6.45) is 1.80. The van der Waals surface area contributed by atoms with Gasteiger partial charge in [0.2, 0.25) is 5.91 Å². The van der Waals surface area contributed by atoms with E-state index in [1.54, 1.807) is 0 Å². The van der Waals surface area contributed by atoms with Gasteiger partial charge in [0.25, 0.3) is 0 Å². The van der Waals surface area contributed by atoms with E-state index < -0.39 is 0 Å². The summed E-state index contributed by atoms with van der Waals surface area (Å²) in [6.45, 7) is 6.54. The average molecular weight is 283 g/mol. The number of aliphatic hydroxyl groups is 1. The maximum atomic E-state index is 11.6. The summed E-state index contributed by atoms with van der Waals surface area (Å²) in [5, 5.41) is 13.2. The van der Waals surface area contributed by atoms with Crippen molar-refractivity contribution in [3.05, 3.63) is 0 Å². The van der Waals surface area contributed by atoms with Crippen LogP contribution >= 0.6 is 0 Å². The molecule has 1 aliphatic carbocycles. The molecule has 0 bridgehead atoms. The van der Waals surface area contributed by atoms with Crippen molar-refractivity contribution in [1.29, 1.82) is 0 Å². The number of carbonyl (C=O) groups is 1. The van der Waals surface area contributed by atoms with Gasteiger partial charge in [-0.05, 0) is 12.8 Å². The Morgan fingerprint density at radius 3 is 2.50 bits per heavy atom. The molecule has 0 aromatic heterocycles. The van der Waals surface area contributed by atoms with Gasteiger partial charge in [-0.1, -0.05) is 0 Å². The number of nitrogens with zero attached hydrogens (tertiary/aromatic N) is 2. The van der Waals surface area contributed by atoms with Gasteiger partial charge in [-0.15, -0.1) is 0 Å². The van der Waals surface area contributed by atoms with Gasteiger partial charge in [0.05, 0.1) is 25.4 Å². The molecule has 3 fully saturated rings. The molecule has 2 aliphatic heterocycles. The molecular formula is C14H25N3O3. The third-order valence-corrected chi connectivity index (χ3v) is 4.29. The Labute approximate surface area is 120 Å². The van der Waals surface area contributed by atoms with Crippen LogP contribution in [0.3, 0.4) is 0 Å². The van der Waals surface area contributed by atoms with E-state index in [4.69, 9.17) is 4.74 Å². The van der Waals surface area contributed by atoms with Crippen LogP contribution < -0.4 is 5.32 Å². The van der Waals surface area contributed by atoms with Crippen LogP contribution in [0.1, 0.15) is 12.8 Å². The standard InChI is InChI=1S/C14H25N3O3/c18-13(9-16-3-5-20-6-4-16)10-17-7-12(8-17)15-14(19)11-1-2-11/h11-13,18H,1-10H2,(H,15,19). The molecular weight excluding hydrogens is 258 g/mol. The number of rotatable bonds is 6. The summed E-state index contributed by atoms with van der Waals surface area (Å²) in [4.78, 5) is 16.1. The number of likely N-dealkylation sites (tertiary alicyclic amines) is 1. The van der Waals surface area contributed by atoms with E-state index >= 15 is 0 Å². The van der Waals surface area contributed by atoms with E-state index in [2.05, 4.69) is 15.1 Å². The predicted molar refractivity (Wildman–Crippen MR) is 74.4 cm³/mol. The fourth-order valence-electron chi connectivity index (χ4n) is 2.91. The summed E-state index contributed by atoms with van der Waals surface area (Å²) >= 11 is 0. The molecule has 1 unspecified atom stereocenters. The second-order valence-corrected chi connectivity index (χ2v) is 6.27. The molecule has 20 heavy (non-hydrogen) atoms. The second kappa shape index (κ2) is 6.39. The van der Waals surface area contributed by atoms with Gasteiger partial charge in [0.15, 0.2) is 0 Å². The Morgan fingerprint density at radius 2 is 1.85 bits per heavy atom. The maximum absolute atomic E-state index is 11.6. The normalized spacial score (nSPS) is 27.1. The molecule has 2 N–H and O–H groups in total. The third kappa shape index (κ3) is 3.91. The van der Waals surface area contributed by atoms with Crippen LogP contribution in [0.2, 0.25) is 0 Å². The van der Waals surface area contributed by atoms with Crippen molar-refractivity contribution in [2.75, 3.05) is 52.5 Å². The Bertz CT molecular complexity index is 337. The predicted octanol–water partition coefficient (Wildman–Crippen LogP) is -1.11. The van der Waals surface area contributed by atoms with Crippen molar-refractivity contribution in [2.24, 2.45) is 5.92 Å². The second-order valence-electron chi connectivity index (χ2n) is 6.27. The third-order valence-electron chi connectivity index (χ3n) is 4.29. The minimum absolute atomic E-state index is 0.225. The first-order valence-electron chi connectivity index (χ1n) is 7.71. The van der Waals surface area contributed by atoms with Crippen LogP contribution in [0.15, 0.2) is 0 Å². The fraction of sp³-hybridized carbons (Fsp3) is 0.929. The van der Waals surface area contributed by atoms with Crippen molar-refractivity contribution in [3.8, 4) is 0 Å². The van der Waals surface area contributed by atoms with Crippen molar-refractivity contribution in [1.82, 2.24) is 15.1 Å². The van der Waals surface area contributed by atoms with Gasteiger partial charge >= 0.3 is 0 Å². The highest BCUT2D eigenvalue weighted by Gasteiger charge is 2.35. The molecule has 6 heteroatoms. The first kappa shape index (κ1) is 14.3. The van der Waals surface area contributed by atoms with Gasteiger partial charge < -0.3 is 15.2 Å². The average Bonchev–Trinajstić information content (AvgIpc) is 3.21. The summed E-state index contributed by atoms with van der Waals surface area (Å²) in [5.74, 6) is 0.513. The van der Waals surface area contributed by atoms with E-state index in [0.717, 1.165) is 58.8 Å². The number of carbonyl (C=O) groups excluding carboxylic acids is 1. The van der Waals surface area contributed by atoms with Gasteiger partial charge in [0, 0.05) is 45.2 Å². The largest absolute Gasteiger partial charge is 0.390 e. The van der Waals surface area contributed by atoms with E-state index in [0.29, 0.717) is 12.6 Å². The summed E-state index contributed by atoms with van der Waals surface area (Å²) in [7, 11) is 0.